The Kier molecular flexibility index (Phi) is 5.39. The molecule has 3 rings (SSSR count). The van der Waals surface area contributed by atoms with Crippen LogP contribution in [0, 0.1) is 0 Å². The van der Waals surface area contributed by atoms with Crippen molar-refractivity contribution >= 4 is 11.6 Å². The van der Waals surface area contributed by atoms with E-state index in [0.717, 1.165) is 0 Å². The Labute approximate surface area is 153 Å². The predicted molar refractivity (Wildman–Crippen MR) is 91.9 cm³/mol. The lowest BCUT2D eigenvalue weighted by Crippen LogP contribution is -2.19. The van der Waals surface area contributed by atoms with E-state index < -0.39 is 12.5 Å². The van der Waals surface area contributed by atoms with E-state index in [0.29, 0.717) is 28.3 Å². The molecule has 9 heteroatoms. The third kappa shape index (κ3) is 4.25. The number of nitrogens with zero attached hydrogens (tertiary/aromatic N) is 1. The lowest BCUT2D eigenvalue weighted by molar-refractivity contribution is -0.0512. The van der Waals surface area contributed by atoms with Crippen LogP contribution in [0.15, 0.2) is 41.5 Å². The number of rotatable bonds is 6. The quantitative estimate of drug-likeness (QED) is 0.617. The first-order valence-corrected chi connectivity index (χ1v) is 7.85. The topological polar surface area (TPSA) is 78.4 Å². The standard InChI is InChI=1S/C18H16F2N2O5/c1-10(11-3-6-14(27-18(19)20)15(7-11)24-2)21-22-17(23)12-4-5-13-16(8-12)26-9-25-13/h3-8,18H,9H2,1-2H3,(H,22,23)/b21-10-. The van der Waals surface area contributed by atoms with Crippen LogP contribution in [0.5, 0.6) is 23.0 Å². The fourth-order valence-electron chi connectivity index (χ4n) is 2.39. The van der Waals surface area contributed by atoms with Crippen LogP contribution in [0.25, 0.3) is 0 Å². The number of benzene rings is 2. The second kappa shape index (κ2) is 7.90. The van der Waals surface area contributed by atoms with Gasteiger partial charge in [-0.1, -0.05) is 0 Å². The first kappa shape index (κ1) is 18.4. The molecule has 0 saturated carbocycles. The average Bonchev–Trinajstić information content (AvgIpc) is 3.13. The molecule has 0 unspecified atom stereocenters. The summed E-state index contributed by atoms with van der Waals surface area (Å²) >= 11 is 0. The molecular weight excluding hydrogens is 362 g/mol. The number of fused-ring (bicyclic) bond motifs is 1. The number of hydrazone groups is 1. The monoisotopic (exact) mass is 378 g/mol. The van der Waals surface area contributed by atoms with E-state index in [1.54, 1.807) is 25.1 Å². The minimum absolute atomic E-state index is 0.0894. The molecule has 142 valence electrons. The first-order valence-electron chi connectivity index (χ1n) is 7.85. The summed E-state index contributed by atoms with van der Waals surface area (Å²) in [6.45, 7) is -1.19. The molecule has 0 aromatic heterocycles. The van der Waals surface area contributed by atoms with Crippen molar-refractivity contribution in [1.29, 1.82) is 0 Å². The van der Waals surface area contributed by atoms with Gasteiger partial charge in [0, 0.05) is 11.1 Å². The molecule has 1 heterocycles. The average molecular weight is 378 g/mol. The number of ether oxygens (including phenoxy) is 4. The van der Waals surface area contributed by atoms with E-state index in [4.69, 9.17) is 14.2 Å². The number of methoxy groups -OCH3 is 1. The number of carbonyl (C=O) groups is 1. The number of amides is 1. The Hall–Kier alpha value is -3.36. The zero-order valence-electron chi connectivity index (χ0n) is 14.5. The van der Waals surface area contributed by atoms with Crippen molar-refractivity contribution in [2.75, 3.05) is 13.9 Å². The van der Waals surface area contributed by atoms with Crippen LogP contribution in [0.4, 0.5) is 8.78 Å². The van der Waals surface area contributed by atoms with E-state index >= 15 is 0 Å². The van der Waals surface area contributed by atoms with E-state index in [9.17, 15) is 13.6 Å². The van der Waals surface area contributed by atoms with Gasteiger partial charge in [0.15, 0.2) is 23.0 Å². The Bertz CT molecular complexity index is 886. The lowest BCUT2D eigenvalue weighted by atomic mass is 10.1. The minimum Gasteiger partial charge on any atom is -0.493 e. The summed E-state index contributed by atoms with van der Waals surface area (Å²) in [5.74, 6) is 0.669. The highest BCUT2D eigenvalue weighted by atomic mass is 19.3. The van der Waals surface area contributed by atoms with Gasteiger partial charge in [0.25, 0.3) is 5.91 Å². The van der Waals surface area contributed by atoms with Gasteiger partial charge < -0.3 is 18.9 Å². The van der Waals surface area contributed by atoms with Gasteiger partial charge in [-0.25, -0.2) is 5.43 Å². The summed E-state index contributed by atoms with van der Waals surface area (Å²) in [5.41, 5.74) is 3.81. The normalized spacial score (nSPS) is 12.9. The highest BCUT2D eigenvalue weighted by molar-refractivity contribution is 6.01. The number of nitrogens with one attached hydrogen (secondary N) is 1. The number of alkyl halides is 2. The van der Waals surface area contributed by atoms with Crippen LogP contribution in [0.2, 0.25) is 0 Å². The molecule has 0 aliphatic carbocycles. The Morgan fingerprint density at radius 2 is 1.85 bits per heavy atom. The second-order valence-corrected chi connectivity index (χ2v) is 5.45. The molecule has 27 heavy (non-hydrogen) atoms. The SMILES string of the molecule is COc1cc(/C(C)=N\NC(=O)c2ccc3c(c2)OCO3)ccc1OC(F)F. The van der Waals surface area contributed by atoms with Crippen LogP contribution < -0.4 is 24.4 Å². The molecule has 2 aromatic rings. The van der Waals surface area contributed by atoms with Gasteiger partial charge in [0.05, 0.1) is 12.8 Å². The highest BCUT2D eigenvalue weighted by Gasteiger charge is 2.16. The van der Waals surface area contributed by atoms with Crippen LogP contribution in [0.3, 0.4) is 0 Å². The summed E-state index contributed by atoms with van der Waals surface area (Å²) < 4.78 is 44.6. The van der Waals surface area contributed by atoms with Crippen molar-refractivity contribution in [2.45, 2.75) is 13.5 Å². The summed E-state index contributed by atoms with van der Waals surface area (Å²) in [5, 5.41) is 4.03. The number of carbonyl (C=O) groups excluding carboxylic acids is 1. The maximum Gasteiger partial charge on any atom is 0.387 e. The predicted octanol–water partition coefficient (Wildman–Crippen LogP) is 3.18. The Morgan fingerprint density at radius 3 is 2.59 bits per heavy atom. The molecule has 1 N–H and O–H groups in total. The minimum atomic E-state index is -2.96. The van der Waals surface area contributed by atoms with Crippen molar-refractivity contribution in [3.05, 3.63) is 47.5 Å². The van der Waals surface area contributed by atoms with Crippen molar-refractivity contribution < 1.29 is 32.5 Å². The van der Waals surface area contributed by atoms with Gasteiger partial charge in [-0.15, -0.1) is 0 Å². The summed E-state index contributed by atoms with van der Waals surface area (Å²) in [7, 11) is 1.34. The first-order chi connectivity index (χ1) is 13.0. The molecule has 1 aliphatic rings. The molecule has 0 atom stereocenters. The molecular formula is C18H16F2N2O5. The molecule has 7 nitrogen and oxygen atoms in total. The van der Waals surface area contributed by atoms with Gasteiger partial charge in [-0.05, 0) is 43.3 Å². The highest BCUT2D eigenvalue weighted by Crippen LogP contribution is 2.32. The maximum absolute atomic E-state index is 12.4. The number of halogens is 2. The smallest absolute Gasteiger partial charge is 0.387 e. The van der Waals surface area contributed by atoms with Gasteiger partial charge in [-0.3, -0.25) is 4.79 Å². The fraction of sp³-hybridized carbons (Fsp3) is 0.222. The van der Waals surface area contributed by atoms with Crippen LogP contribution in [-0.2, 0) is 0 Å². The molecule has 1 aliphatic heterocycles. The van der Waals surface area contributed by atoms with Gasteiger partial charge in [0.2, 0.25) is 6.79 Å². The molecule has 0 saturated heterocycles. The third-order valence-corrected chi connectivity index (χ3v) is 3.76. The van der Waals surface area contributed by atoms with Gasteiger partial charge >= 0.3 is 6.61 Å². The zero-order chi connectivity index (χ0) is 19.4. The van der Waals surface area contributed by atoms with Crippen LogP contribution in [-0.4, -0.2) is 32.1 Å². The molecule has 2 aromatic carbocycles. The van der Waals surface area contributed by atoms with Crippen molar-refractivity contribution in [2.24, 2.45) is 5.10 Å². The van der Waals surface area contributed by atoms with Gasteiger partial charge in [0.1, 0.15) is 0 Å². The van der Waals surface area contributed by atoms with E-state index in [-0.39, 0.29) is 18.3 Å². The van der Waals surface area contributed by atoms with E-state index in [1.807, 2.05) is 0 Å². The Balaban J connectivity index is 1.72. The van der Waals surface area contributed by atoms with E-state index in [2.05, 4.69) is 15.3 Å². The fourth-order valence-corrected chi connectivity index (χ4v) is 2.39. The molecule has 0 radical (unpaired) electrons. The molecule has 0 bridgehead atoms. The molecule has 1 amide bonds. The maximum atomic E-state index is 12.4. The van der Waals surface area contributed by atoms with Crippen LogP contribution >= 0.6 is 0 Å². The zero-order valence-corrected chi connectivity index (χ0v) is 14.5. The largest absolute Gasteiger partial charge is 0.493 e. The van der Waals surface area contributed by atoms with Crippen molar-refractivity contribution in [3.8, 4) is 23.0 Å². The number of hydrogen-bond acceptors (Lipinski definition) is 6. The molecule has 0 fully saturated rings. The summed E-state index contributed by atoms with van der Waals surface area (Å²) in [6.07, 6.45) is 0. The van der Waals surface area contributed by atoms with Gasteiger partial charge in [-0.2, -0.15) is 13.9 Å². The van der Waals surface area contributed by atoms with Crippen LogP contribution in [0.1, 0.15) is 22.8 Å². The van der Waals surface area contributed by atoms with Crippen molar-refractivity contribution in [3.63, 3.8) is 0 Å². The summed E-state index contributed by atoms with van der Waals surface area (Å²) in [6, 6.07) is 9.16. The van der Waals surface area contributed by atoms with E-state index in [1.165, 1.54) is 25.3 Å². The number of hydrogen-bond donors (Lipinski definition) is 1. The summed E-state index contributed by atoms with van der Waals surface area (Å²) in [4.78, 5) is 12.2. The lowest BCUT2D eigenvalue weighted by Gasteiger charge is -2.11. The third-order valence-electron chi connectivity index (χ3n) is 3.76. The van der Waals surface area contributed by atoms with Crippen molar-refractivity contribution in [1.82, 2.24) is 5.43 Å². The second-order valence-electron chi connectivity index (χ2n) is 5.45. The molecule has 0 spiro atoms. The Morgan fingerprint density at radius 1 is 1.11 bits per heavy atom.